The molecule has 0 radical (unpaired) electrons. The van der Waals surface area contributed by atoms with E-state index in [0.29, 0.717) is 36.3 Å². The maximum absolute atomic E-state index is 14.2. The highest BCUT2D eigenvalue weighted by molar-refractivity contribution is 9.10. The van der Waals surface area contributed by atoms with Gasteiger partial charge >= 0.3 is 0 Å². The molecule has 42 heavy (non-hydrogen) atoms. The molecule has 2 saturated heterocycles. The summed E-state index contributed by atoms with van der Waals surface area (Å²) in [5, 5.41) is 12.7. The molecule has 2 heterocycles. The lowest BCUT2D eigenvalue weighted by atomic mass is 9.49. The van der Waals surface area contributed by atoms with Crippen molar-refractivity contribution in [3.05, 3.63) is 64.1 Å². The molecule has 3 atom stereocenters. The molecule has 8 rings (SSSR count). The van der Waals surface area contributed by atoms with Gasteiger partial charge in [-0.1, -0.05) is 34.1 Å². The third-order valence-electron chi connectivity index (χ3n) is 10.5. The molecule has 2 aliphatic heterocycles. The number of benzene rings is 2. The average molecular weight is 635 g/mol. The number of aromatic hydroxyl groups is 1. The number of nitrogens with one attached hydrogen (secondary N) is 1. The molecule has 9 heteroatoms. The molecule has 4 aliphatic carbocycles. The predicted molar refractivity (Wildman–Crippen MR) is 158 cm³/mol. The fourth-order valence-electron chi connectivity index (χ4n) is 9.16. The number of ketones is 1. The highest BCUT2D eigenvalue weighted by Crippen LogP contribution is 2.61. The second kappa shape index (κ2) is 10.5. The quantitative estimate of drug-likeness (QED) is 0.498. The number of hydrogen-bond donors (Lipinski definition) is 2. The van der Waals surface area contributed by atoms with Gasteiger partial charge in [0, 0.05) is 23.0 Å². The minimum atomic E-state index is -0.916. The van der Waals surface area contributed by atoms with Crippen molar-refractivity contribution in [3.63, 3.8) is 0 Å². The number of carbonyl (C=O) groups is 4. The SMILES string of the molecule is O=C(N[C@@H](Cc1ccc(O)cc1)C(=O)N1CC[C@@H]2[C@H]1C(=O)CN2C(=O)C12CC3CC(CC(C3)C1)C2)c1cccc(Br)c1. The number of phenols is 1. The van der Waals surface area contributed by atoms with E-state index in [4.69, 9.17) is 0 Å². The smallest absolute Gasteiger partial charge is 0.251 e. The van der Waals surface area contributed by atoms with Crippen molar-refractivity contribution in [1.82, 2.24) is 15.1 Å². The van der Waals surface area contributed by atoms with Crippen molar-refractivity contribution in [2.24, 2.45) is 23.2 Å². The van der Waals surface area contributed by atoms with Crippen LogP contribution in [-0.4, -0.2) is 69.6 Å². The van der Waals surface area contributed by atoms with Crippen LogP contribution in [0.2, 0.25) is 0 Å². The van der Waals surface area contributed by atoms with Gasteiger partial charge in [0.15, 0.2) is 5.78 Å². The van der Waals surface area contributed by atoms with Crippen LogP contribution in [0.1, 0.15) is 60.9 Å². The largest absolute Gasteiger partial charge is 0.508 e. The molecule has 4 bridgehead atoms. The Morgan fingerprint density at radius 1 is 0.976 bits per heavy atom. The molecule has 2 aromatic carbocycles. The van der Waals surface area contributed by atoms with Crippen LogP contribution in [0.25, 0.3) is 0 Å². The predicted octanol–water partition coefficient (Wildman–Crippen LogP) is 4.09. The molecule has 6 aliphatic rings. The van der Waals surface area contributed by atoms with Crippen molar-refractivity contribution in [3.8, 4) is 5.75 Å². The number of amides is 3. The van der Waals surface area contributed by atoms with Gasteiger partial charge in [-0.3, -0.25) is 19.2 Å². The lowest BCUT2D eigenvalue weighted by Gasteiger charge is -2.56. The van der Waals surface area contributed by atoms with E-state index in [2.05, 4.69) is 21.2 Å². The summed E-state index contributed by atoms with van der Waals surface area (Å²) in [5.74, 6) is 1.34. The van der Waals surface area contributed by atoms with Crippen LogP contribution in [-0.2, 0) is 20.8 Å². The van der Waals surface area contributed by atoms with Gasteiger partial charge in [-0.25, -0.2) is 0 Å². The highest BCUT2D eigenvalue weighted by Gasteiger charge is 2.60. The molecular formula is C33H36BrN3O5. The van der Waals surface area contributed by atoms with Crippen molar-refractivity contribution < 1.29 is 24.3 Å². The first-order valence-electron chi connectivity index (χ1n) is 15.2. The molecule has 0 spiro atoms. The summed E-state index contributed by atoms with van der Waals surface area (Å²) in [6.45, 7) is 0.427. The van der Waals surface area contributed by atoms with Gasteiger partial charge in [-0.05, 0) is 98.6 Å². The van der Waals surface area contributed by atoms with E-state index in [1.807, 2.05) is 11.0 Å². The Morgan fingerprint density at radius 3 is 2.29 bits per heavy atom. The Balaban J connectivity index is 1.12. The van der Waals surface area contributed by atoms with Gasteiger partial charge in [-0.2, -0.15) is 0 Å². The number of Topliss-reactive ketones (excluding diaryl/α,β-unsaturated/α-hetero) is 1. The van der Waals surface area contributed by atoms with Crippen molar-refractivity contribution in [1.29, 1.82) is 0 Å². The summed E-state index contributed by atoms with van der Waals surface area (Å²) >= 11 is 3.40. The number of fused-ring (bicyclic) bond motifs is 1. The fraction of sp³-hybridized carbons (Fsp3) is 0.515. The van der Waals surface area contributed by atoms with Crippen molar-refractivity contribution in [2.45, 2.75) is 69.5 Å². The van der Waals surface area contributed by atoms with E-state index in [1.165, 1.54) is 19.3 Å². The maximum atomic E-state index is 14.2. The van der Waals surface area contributed by atoms with E-state index in [9.17, 15) is 24.3 Å². The molecule has 4 saturated carbocycles. The Kier molecular flexibility index (Phi) is 6.91. The van der Waals surface area contributed by atoms with Crippen LogP contribution < -0.4 is 5.32 Å². The van der Waals surface area contributed by atoms with Crippen LogP contribution in [0.4, 0.5) is 0 Å². The lowest BCUT2D eigenvalue weighted by molar-refractivity contribution is -0.159. The van der Waals surface area contributed by atoms with Crippen molar-refractivity contribution in [2.75, 3.05) is 13.1 Å². The summed E-state index contributed by atoms with van der Waals surface area (Å²) in [6, 6.07) is 11.6. The van der Waals surface area contributed by atoms with Crippen LogP contribution >= 0.6 is 15.9 Å². The van der Waals surface area contributed by atoms with Crippen LogP contribution in [0.15, 0.2) is 53.0 Å². The van der Waals surface area contributed by atoms with Gasteiger partial charge in [0.25, 0.3) is 5.91 Å². The second-order valence-electron chi connectivity index (χ2n) is 13.3. The number of hydrogen-bond acceptors (Lipinski definition) is 5. The number of nitrogens with zero attached hydrogens (tertiary/aromatic N) is 2. The third-order valence-corrected chi connectivity index (χ3v) is 11.0. The number of likely N-dealkylation sites (tertiary alicyclic amines) is 2. The van der Waals surface area contributed by atoms with E-state index < -0.39 is 12.1 Å². The highest BCUT2D eigenvalue weighted by atomic mass is 79.9. The molecule has 2 aromatic rings. The Bertz CT molecular complexity index is 1410. The zero-order valence-corrected chi connectivity index (χ0v) is 25.1. The molecule has 3 amide bonds. The summed E-state index contributed by atoms with van der Waals surface area (Å²) in [6.07, 6.45) is 7.33. The minimum absolute atomic E-state index is 0.0622. The van der Waals surface area contributed by atoms with Crippen LogP contribution in [0.5, 0.6) is 5.75 Å². The molecule has 8 nitrogen and oxygen atoms in total. The summed E-state index contributed by atoms with van der Waals surface area (Å²) in [4.78, 5) is 58.5. The van der Waals surface area contributed by atoms with Gasteiger partial charge in [0.05, 0.1) is 18.0 Å². The number of carbonyl (C=O) groups excluding carboxylic acids is 4. The van der Waals surface area contributed by atoms with Gasteiger partial charge in [-0.15, -0.1) is 0 Å². The summed E-state index contributed by atoms with van der Waals surface area (Å²) in [7, 11) is 0. The summed E-state index contributed by atoms with van der Waals surface area (Å²) in [5.41, 5.74) is 0.852. The minimum Gasteiger partial charge on any atom is -0.508 e. The Morgan fingerprint density at radius 2 is 1.64 bits per heavy atom. The van der Waals surface area contributed by atoms with Gasteiger partial charge in [0.2, 0.25) is 11.8 Å². The fourth-order valence-corrected chi connectivity index (χ4v) is 9.55. The monoisotopic (exact) mass is 633 g/mol. The Hall–Kier alpha value is -3.20. The first-order chi connectivity index (χ1) is 20.2. The average Bonchev–Trinajstić information content (AvgIpc) is 3.53. The number of halogens is 1. The number of phenolic OH excluding ortho intramolecular Hbond substituents is 1. The molecule has 220 valence electrons. The number of rotatable bonds is 6. The zero-order valence-electron chi connectivity index (χ0n) is 23.5. The van der Waals surface area contributed by atoms with E-state index in [0.717, 1.165) is 29.3 Å². The zero-order chi connectivity index (χ0) is 29.2. The van der Waals surface area contributed by atoms with Gasteiger partial charge in [0.1, 0.15) is 17.8 Å². The topological polar surface area (TPSA) is 107 Å². The van der Waals surface area contributed by atoms with E-state index in [-0.39, 0.29) is 53.7 Å². The molecule has 2 N–H and O–H groups in total. The molecule has 0 unspecified atom stereocenters. The molecule has 6 fully saturated rings. The van der Waals surface area contributed by atoms with Crippen LogP contribution in [0, 0.1) is 23.2 Å². The van der Waals surface area contributed by atoms with Gasteiger partial charge < -0.3 is 20.2 Å². The first-order valence-corrected chi connectivity index (χ1v) is 16.0. The lowest BCUT2D eigenvalue weighted by Crippen LogP contribution is -2.56. The van der Waals surface area contributed by atoms with Crippen molar-refractivity contribution >= 4 is 39.4 Å². The Labute approximate surface area is 254 Å². The molecular weight excluding hydrogens is 598 g/mol. The first kappa shape index (κ1) is 27.6. The van der Waals surface area contributed by atoms with E-state index in [1.54, 1.807) is 47.4 Å². The van der Waals surface area contributed by atoms with E-state index >= 15 is 0 Å². The normalized spacial score (nSPS) is 31.7. The molecule has 0 aromatic heterocycles. The van der Waals surface area contributed by atoms with Crippen LogP contribution in [0.3, 0.4) is 0 Å². The summed E-state index contributed by atoms with van der Waals surface area (Å²) < 4.78 is 0.749. The maximum Gasteiger partial charge on any atom is 0.251 e. The second-order valence-corrected chi connectivity index (χ2v) is 14.3. The third kappa shape index (κ3) is 4.83. The standard InChI is InChI=1S/C33H36BrN3O5/c34-24-3-1-2-23(14-24)30(40)35-26(13-19-4-6-25(38)7-5-19)31(41)36-9-8-27-29(36)28(39)18-37(27)32(42)33-15-20-10-21(16-33)12-22(11-20)17-33/h1-7,14,20-22,26-27,29,38H,8-13,15-18H2,(H,35,40)/t20?,21?,22?,26-,27+,29-,33?/m0/s1.